The quantitative estimate of drug-likeness (QED) is 0.638. The van der Waals surface area contributed by atoms with E-state index in [0.29, 0.717) is 11.3 Å². The van der Waals surface area contributed by atoms with Gasteiger partial charge < -0.3 is 4.57 Å². The lowest BCUT2D eigenvalue weighted by Gasteiger charge is -2.08. The maximum Gasteiger partial charge on any atom is 0.279 e. The van der Waals surface area contributed by atoms with Gasteiger partial charge in [-0.25, -0.2) is 8.42 Å². The molecule has 2 aromatic carbocycles. The Morgan fingerprint density at radius 3 is 2.54 bits per heavy atom. The van der Waals surface area contributed by atoms with Gasteiger partial charge >= 0.3 is 0 Å². The van der Waals surface area contributed by atoms with Crippen molar-refractivity contribution in [3.63, 3.8) is 0 Å². The highest BCUT2D eigenvalue weighted by atomic mass is 32.2. The van der Waals surface area contributed by atoms with Crippen LogP contribution in [0.25, 0.3) is 10.2 Å². The lowest BCUT2D eigenvalue weighted by molar-refractivity contribution is 0.0997. The number of nitrogens with zero attached hydrogens (tertiary/aromatic N) is 2. The zero-order valence-corrected chi connectivity index (χ0v) is 18.3. The number of rotatable bonds is 4. The van der Waals surface area contributed by atoms with Crippen molar-refractivity contribution in [1.82, 2.24) is 4.57 Å². The molecular weight excluding hydrogens is 392 g/mol. The highest BCUT2D eigenvalue weighted by Crippen LogP contribution is 2.23. The van der Waals surface area contributed by atoms with Crippen LogP contribution in [0.4, 0.5) is 0 Å². The third-order valence-electron chi connectivity index (χ3n) is 4.66. The second kappa shape index (κ2) is 7.64. The normalized spacial score (nSPS) is 12.9. The topological polar surface area (TPSA) is 68.5 Å². The number of thiazole rings is 1. The molecule has 0 aliphatic rings. The predicted molar refractivity (Wildman–Crippen MR) is 114 cm³/mol. The van der Waals surface area contributed by atoms with E-state index >= 15 is 0 Å². The van der Waals surface area contributed by atoms with Gasteiger partial charge in [-0.1, -0.05) is 23.5 Å². The van der Waals surface area contributed by atoms with Crippen LogP contribution >= 0.6 is 11.3 Å². The fourth-order valence-corrected chi connectivity index (χ4v) is 5.38. The van der Waals surface area contributed by atoms with Crippen molar-refractivity contribution in [1.29, 1.82) is 0 Å². The van der Waals surface area contributed by atoms with Crippen molar-refractivity contribution in [2.75, 3.05) is 0 Å². The van der Waals surface area contributed by atoms with Crippen molar-refractivity contribution in [2.24, 2.45) is 4.99 Å². The zero-order valence-electron chi connectivity index (χ0n) is 16.7. The minimum Gasteiger partial charge on any atom is -0.317 e. The van der Waals surface area contributed by atoms with E-state index in [4.69, 9.17) is 0 Å². The third-order valence-corrected chi connectivity index (χ3v) is 8.04. The summed E-state index contributed by atoms with van der Waals surface area (Å²) in [4.78, 5) is 17.9. The Labute approximate surface area is 169 Å². The number of aromatic nitrogens is 1. The molecule has 0 saturated heterocycles. The van der Waals surface area contributed by atoms with Crippen molar-refractivity contribution in [3.05, 3.63) is 57.9 Å². The first-order valence-corrected chi connectivity index (χ1v) is 11.5. The molecule has 1 heterocycles. The zero-order chi connectivity index (χ0) is 20.6. The minimum absolute atomic E-state index is 0.148. The van der Waals surface area contributed by atoms with Gasteiger partial charge in [-0.2, -0.15) is 4.99 Å². The van der Waals surface area contributed by atoms with Gasteiger partial charge in [0.1, 0.15) is 0 Å². The number of amides is 1. The summed E-state index contributed by atoms with van der Waals surface area (Å²) in [7, 11) is -3.45. The van der Waals surface area contributed by atoms with Crippen LogP contribution in [0.5, 0.6) is 0 Å². The summed E-state index contributed by atoms with van der Waals surface area (Å²) in [6.07, 6.45) is 0. The minimum atomic E-state index is -3.45. The van der Waals surface area contributed by atoms with Crippen LogP contribution in [0.3, 0.4) is 0 Å². The number of hydrogen-bond acceptors (Lipinski definition) is 4. The molecule has 148 valence electrons. The second-order valence-electron chi connectivity index (χ2n) is 7.10. The lowest BCUT2D eigenvalue weighted by atomic mass is 10.1. The molecule has 3 rings (SSSR count). The monoisotopic (exact) mass is 416 g/mol. The molecule has 7 heteroatoms. The Kier molecular flexibility index (Phi) is 5.59. The number of benzene rings is 2. The van der Waals surface area contributed by atoms with Crippen LogP contribution in [-0.2, 0) is 16.4 Å². The van der Waals surface area contributed by atoms with Gasteiger partial charge in [0, 0.05) is 12.1 Å². The van der Waals surface area contributed by atoms with Crippen molar-refractivity contribution in [3.8, 4) is 0 Å². The summed E-state index contributed by atoms with van der Waals surface area (Å²) in [5, 5.41) is -0.550. The average molecular weight is 417 g/mol. The first kappa shape index (κ1) is 20.5. The predicted octanol–water partition coefficient (Wildman–Crippen LogP) is 4.26. The van der Waals surface area contributed by atoms with Crippen LogP contribution < -0.4 is 4.80 Å². The van der Waals surface area contributed by atoms with E-state index in [-0.39, 0.29) is 10.5 Å². The molecule has 0 bridgehead atoms. The van der Waals surface area contributed by atoms with Crippen LogP contribution in [0.2, 0.25) is 0 Å². The summed E-state index contributed by atoms with van der Waals surface area (Å²) in [6, 6.07) is 10.3. The lowest BCUT2D eigenvalue weighted by Crippen LogP contribution is -2.17. The van der Waals surface area contributed by atoms with E-state index in [1.807, 2.05) is 18.4 Å². The van der Waals surface area contributed by atoms with E-state index in [1.54, 1.807) is 26.0 Å². The summed E-state index contributed by atoms with van der Waals surface area (Å²) >= 11 is 1.48. The molecule has 0 unspecified atom stereocenters. The van der Waals surface area contributed by atoms with Crippen molar-refractivity contribution in [2.45, 2.75) is 51.3 Å². The van der Waals surface area contributed by atoms with E-state index in [1.165, 1.54) is 23.5 Å². The molecule has 0 aliphatic heterocycles. The molecule has 0 atom stereocenters. The summed E-state index contributed by atoms with van der Waals surface area (Å²) in [5.74, 6) is -0.441. The average Bonchev–Trinajstić information content (AvgIpc) is 2.98. The van der Waals surface area contributed by atoms with Gasteiger partial charge in [0.05, 0.1) is 20.4 Å². The molecule has 0 aliphatic carbocycles. The van der Waals surface area contributed by atoms with Crippen LogP contribution in [0.15, 0.2) is 46.3 Å². The smallest absolute Gasteiger partial charge is 0.279 e. The highest BCUT2D eigenvalue weighted by Gasteiger charge is 2.20. The summed E-state index contributed by atoms with van der Waals surface area (Å²) < 4.78 is 27.9. The van der Waals surface area contributed by atoms with Crippen molar-refractivity contribution >= 4 is 37.3 Å². The van der Waals surface area contributed by atoms with Gasteiger partial charge in [-0.3, -0.25) is 4.79 Å². The molecule has 0 fully saturated rings. The number of hydrogen-bond donors (Lipinski definition) is 0. The second-order valence-corrected chi connectivity index (χ2v) is 10.6. The van der Waals surface area contributed by atoms with E-state index in [9.17, 15) is 13.2 Å². The highest BCUT2D eigenvalue weighted by molar-refractivity contribution is 7.92. The van der Waals surface area contributed by atoms with Gasteiger partial charge in [0.15, 0.2) is 14.6 Å². The van der Waals surface area contributed by atoms with Gasteiger partial charge in [-0.15, -0.1) is 0 Å². The molecule has 0 N–H and O–H groups in total. The fraction of sp³-hybridized carbons (Fsp3) is 0.333. The summed E-state index contributed by atoms with van der Waals surface area (Å²) in [6.45, 7) is 10.1. The molecular formula is C21H24N2O3S2. The number of sulfone groups is 1. The van der Waals surface area contributed by atoms with Crippen LogP contribution in [0, 0.1) is 13.8 Å². The molecule has 0 spiro atoms. The van der Waals surface area contributed by atoms with E-state index in [0.717, 1.165) is 21.3 Å². The van der Waals surface area contributed by atoms with Crippen LogP contribution in [0.1, 0.15) is 42.3 Å². The molecule has 5 nitrogen and oxygen atoms in total. The fourth-order valence-electron chi connectivity index (χ4n) is 3.13. The number of aryl methyl sites for hydroxylation is 3. The first-order valence-electron chi connectivity index (χ1n) is 9.18. The Morgan fingerprint density at radius 2 is 1.89 bits per heavy atom. The molecule has 1 amide bonds. The SMILES string of the molecule is CCn1c(=NC(=O)c2cccc(S(=O)(=O)C(C)C)c2)sc2c(C)cc(C)cc21. The Hall–Kier alpha value is -2.25. The standard InChI is InChI=1S/C21H24N2O3S2/c1-6-23-18-11-14(4)10-15(5)19(18)27-21(23)22-20(24)16-8-7-9-17(12-16)28(25,26)13(2)3/h7-13H,6H2,1-5H3. The molecule has 28 heavy (non-hydrogen) atoms. The molecule has 3 aromatic rings. The van der Waals surface area contributed by atoms with Crippen molar-refractivity contribution < 1.29 is 13.2 Å². The first-order chi connectivity index (χ1) is 13.1. The maximum atomic E-state index is 12.8. The summed E-state index contributed by atoms with van der Waals surface area (Å²) in [5.41, 5.74) is 3.65. The number of fused-ring (bicyclic) bond motifs is 1. The third kappa shape index (κ3) is 3.69. The number of carbonyl (C=O) groups excluding carboxylic acids is 1. The van der Waals surface area contributed by atoms with Gasteiger partial charge in [-0.05, 0) is 70.0 Å². The van der Waals surface area contributed by atoms with Gasteiger partial charge in [0.25, 0.3) is 5.91 Å². The maximum absolute atomic E-state index is 12.8. The van der Waals surface area contributed by atoms with Crippen LogP contribution in [-0.4, -0.2) is 24.1 Å². The molecule has 0 radical (unpaired) electrons. The molecule has 0 saturated carbocycles. The van der Waals surface area contributed by atoms with E-state index in [2.05, 4.69) is 24.0 Å². The number of carbonyl (C=O) groups is 1. The Morgan fingerprint density at radius 1 is 1.18 bits per heavy atom. The molecule has 1 aromatic heterocycles. The largest absolute Gasteiger partial charge is 0.317 e. The van der Waals surface area contributed by atoms with E-state index < -0.39 is 21.0 Å². The Bertz CT molecular complexity index is 1230. The van der Waals surface area contributed by atoms with Gasteiger partial charge in [0.2, 0.25) is 0 Å². The Balaban J connectivity index is 2.13.